The number of aryl methyl sites for hydroxylation is 1. The van der Waals surface area contributed by atoms with E-state index in [1.54, 1.807) is 4.90 Å². The Morgan fingerprint density at radius 1 is 1.47 bits per heavy atom. The molecule has 1 atom stereocenters. The Labute approximate surface area is 130 Å². The molecule has 1 aliphatic heterocycles. The minimum absolute atomic E-state index is 0.0474. The average Bonchev–Trinajstić information content (AvgIpc) is 2.61. The zero-order chi connectivity index (χ0) is 14.2. The van der Waals surface area contributed by atoms with Gasteiger partial charge in [0.25, 0.3) is 0 Å². The summed E-state index contributed by atoms with van der Waals surface area (Å²) in [5.74, 6) is -0.431. The van der Waals surface area contributed by atoms with Crippen LogP contribution in [0.2, 0.25) is 0 Å². The molecule has 104 valence electrons. The second-order valence-electron chi connectivity index (χ2n) is 4.69. The minimum Gasteiger partial charge on any atom is -0.311 e. The van der Waals surface area contributed by atoms with Crippen molar-refractivity contribution in [1.82, 2.24) is 0 Å². The van der Waals surface area contributed by atoms with E-state index < -0.39 is 9.05 Å². The van der Waals surface area contributed by atoms with Crippen LogP contribution in [0.25, 0.3) is 0 Å². The number of rotatable bonds is 3. The van der Waals surface area contributed by atoms with Crippen molar-refractivity contribution in [2.45, 2.75) is 13.3 Å². The van der Waals surface area contributed by atoms with Crippen molar-refractivity contribution in [3.63, 3.8) is 0 Å². The van der Waals surface area contributed by atoms with Crippen LogP contribution in [0, 0.1) is 16.4 Å². The van der Waals surface area contributed by atoms with Crippen LogP contribution >= 0.6 is 33.3 Å². The number of benzene rings is 1. The van der Waals surface area contributed by atoms with Crippen molar-refractivity contribution in [3.8, 4) is 0 Å². The summed E-state index contributed by atoms with van der Waals surface area (Å²) < 4.78 is 23.2. The third kappa shape index (κ3) is 3.61. The van der Waals surface area contributed by atoms with Crippen molar-refractivity contribution in [2.24, 2.45) is 5.92 Å². The molecule has 7 heteroatoms. The third-order valence-electron chi connectivity index (χ3n) is 3.10. The van der Waals surface area contributed by atoms with Gasteiger partial charge in [0.1, 0.15) is 0 Å². The lowest BCUT2D eigenvalue weighted by Crippen LogP contribution is -2.26. The van der Waals surface area contributed by atoms with Crippen LogP contribution < -0.4 is 4.90 Å². The van der Waals surface area contributed by atoms with E-state index in [9.17, 15) is 13.2 Å². The molecular weight excluding hydrogens is 401 g/mol. The summed E-state index contributed by atoms with van der Waals surface area (Å²) >= 11 is 2.20. The van der Waals surface area contributed by atoms with Crippen LogP contribution in [0.3, 0.4) is 0 Å². The smallest absolute Gasteiger partial charge is 0.232 e. The Balaban J connectivity index is 2.23. The largest absolute Gasteiger partial charge is 0.311 e. The topological polar surface area (TPSA) is 54.5 Å². The van der Waals surface area contributed by atoms with Crippen molar-refractivity contribution in [3.05, 3.63) is 27.3 Å². The summed E-state index contributed by atoms with van der Waals surface area (Å²) in [5, 5.41) is 0. The first-order valence-corrected chi connectivity index (χ1v) is 9.31. The van der Waals surface area contributed by atoms with Gasteiger partial charge in [-0.1, -0.05) is 12.1 Å². The van der Waals surface area contributed by atoms with Gasteiger partial charge in [-0.2, -0.15) is 0 Å². The molecule has 19 heavy (non-hydrogen) atoms. The molecule has 0 aliphatic carbocycles. The van der Waals surface area contributed by atoms with Crippen LogP contribution in [0.1, 0.15) is 12.0 Å². The number of hydrogen-bond donors (Lipinski definition) is 0. The second-order valence-corrected chi connectivity index (χ2v) is 8.59. The molecule has 0 bridgehead atoms. The molecule has 1 fully saturated rings. The molecule has 0 saturated carbocycles. The maximum absolute atomic E-state index is 12.0. The molecule has 2 rings (SSSR count). The van der Waals surface area contributed by atoms with Crippen molar-refractivity contribution >= 4 is 53.9 Å². The van der Waals surface area contributed by atoms with Crippen LogP contribution in [0.4, 0.5) is 5.69 Å². The van der Waals surface area contributed by atoms with Crippen LogP contribution in [-0.4, -0.2) is 26.6 Å². The quantitative estimate of drug-likeness (QED) is 0.565. The Hall–Kier alpha value is -0.340. The van der Waals surface area contributed by atoms with Gasteiger partial charge in [-0.3, -0.25) is 4.79 Å². The van der Waals surface area contributed by atoms with Gasteiger partial charge in [0.15, 0.2) is 0 Å². The first kappa shape index (κ1) is 15.1. The molecule has 0 spiro atoms. The summed E-state index contributed by atoms with van der Waals surface area (Å²) in [4.78, 5) is 13.7. The van der Waals surface area contributed by atoms with E-state index in [2.05, 4.69) is 22.6 Å². The molecule has 0 radical (unpaired) electrons. The molecule has 1 saturated heterocycles. The number of nitrogens with zero attached hydrogens (tertiary/aromatic N) is 1. The Bertz CT molecular complexity index is 617. The number of carbonyl (C=O) groups is 1. The van der Waals surface area contributed by atoms with E-state index in [0.717, 1.165) is 14.8 Å². The number of hydrogen-bond acceptors (Lipinski definition) is 3. The minimum atomic E-state index is -3.56. The molecule has 1 aromatic carbocycles. The fourth-order valence-corrected chi connectivity index (χ4v) is 4.22. The molecule has 1 amide bonds. The number of carbonyl (C=O) groups excluding carboxylic acids is 1. The Kier molecular flexibility index (Phi) is 4.42. The zero-order valence-corrected chi connectivity index (χ0v) is 14.0. The zero-order valence-electron chi connectivity index (χ0n) is 10.3. The summed E-state index contributed by atoms with van der Waals surface area (Å²) in [6, 6.07) is 5.75. The Morgan fingerprint density at radius 3 is 2.79 bits per heavy atom. The van der Waals surface area contributed by atoms with Crippen molar-refractivity contribution in [2.75, 3.05) is 17.2 Å². The molecule has 0 N–H and O–H groups in total. The lowest BCUT2D eigenvalue weighted by molar-refractivity contribution is -0.117. The monoisotopic (exact) mass is 413 g/mol. The summed E-state index contributed by atoms with van der Waals surface area (Å²) in [5.41, 5.74) is 1.94. The van der Waals surface area contributed by atoms with Gasteiger partial charge in [0.2, 0.25) is 15.0 Å². The number of anilines is 1. The maximum Gasteiger partial charge on any atom is 0.232 e. The molecule has 1 heterocycles. The molecular formula is C12H13ClINO3S. The molecule has 1 aliphatic rings. The van der Waals surface area contributed by atoms with Gasteiger partial charge in [-0.15, -0.1) is 0 Å². The lowest BCUT2D eigenvalue weighted by Gasteiger charge is -2.19. The van der Waals surface area contributed by atoms with Crippen molar-refractivity contribution in [1.29, 1.82) is 0 Å². The number of halogens is 2. The standard InChI is InChI=1S/C12H13ClINO3S/c1-8-3-2-4-10(12(8)14)15-6-9(5-11(15)16)7-19(13,17)18/h2-4,9H,5-7H2,1H3. The first-order valence-electron chi connectivity index (χ1n) is 5.76. The summed E-state index contributed by atoms with van der Waals surface area (Å²) in [6.45, 7) is 2.39. The van der Waals surface area contributed by atoms with E-state index in [-0.39, 0.29) is 24.0 Å². The van der Waals surface area contributed by atoms with Crippen LogP contribution in [0.15, 0.2) is 18.2 Å². The van der Waals surface area contributed by atoms with E-state index >= 15 is 0 Å². The van der Waals surface area contributed by atoms with Crippen LogP contribution in [0.5, 0.6) is 0 Å². The highest BCUT2D eigenvalue weighted by atomic mass is 127. The lowest BCUT2D eigenvalue weighted by atomic mass is 10.1. The predicted octanol–water partition coefficient (Wildman–Crippen LogP) is 2.52. The fraction of sp³-hybridized carbons (Fsp3) is 0.417. The molecule has 1 aromatic rings. The van der Waals surface area contributed by atoms with Gasteiger partial charge < -0.3 is 4.90 Å². The summed E-state index contributed by atoms with van der Waals surface area (Å²) in [6.07, 6.45) is 0.232. The van der Waals surface area contributed by atoms with Gasteiger partial charge in [-0.05, 0) is 41.1 Å². The second kappa shape index (κ2) is 5.57. The highest BCUT2D eigenvalue weighted by Crippen LogP contribution is 2.31. The van der Waals surface area contributed by atoms with E-state index in [4.69, 9.17) is 10.7 Å². The molecule has 1 unspecified atom stereocenters. The average molecular weight is 414 g/mol. The first-order chi connectivity index (χ1) is 8.78. The van der Waals surface area contributed by atoms with Gasteiger partial charge >= 0.3 is 0 Å². The van der Waals surface area contributed by atoms with E-state index in [0.29, 0.717) is 6.54 Å². The molecule has 4 nitrogen and oxygen atoms in total. The van der Waals surface area contributed by atoms with E-state index in [1.807, 2.05) is 25.1 Å². The predicted molar refractivity (Wildman–Crippen MR) is 84.0 cm³/mol. The van der Waals surface area contributed by atoms with Crippen molar-refractivity contribution < 1.29 is 13.2 Å². The summed E-state index contributed by atoms with van der Waals surface area (Å²) in [7, 11) is 1.69. The highest BCUT2D eigenvalue weighted by Gasteiger charge is 2.34. The van der Waals surface area contributed by atoms with Crippen LogP contribution in [-0.2, 0) is 13.8 Å². The maximum atomic E-state index is 12.0. The fourth-order valence-electron chi connectivity index (χ4n) is 2.25. The third-order valence-corrected chi connectivity index (χ3v) is 5.75. The Morgan fingerprint density at radius 2 is 2.16 bits per heavy atom. The molecule has 0 aromatic heterocycles. The highest BCUT2D eigenvalue weighted by molar-refractivity contribution is 14.1. The van der Waals surface area contributed by atoms with Gasteiger partial charge in [0.05, 0.1) is 11.4 Å². The van der Waals surface area contributed by atoms with Gasteiger partial charge in [-0.25, -0.2) is 8.42 Å². The van der Waals surface area contributed by atoms with Gasteiger partial charge in [0, 0.05) is 33.1 Å². The number of amides is 1. The SMILES string of the molecule is Cc1cccc(N2CC(CS(=O)(=O)Cl)CC2=O)c1I. The van der Waals surface area contributed by atoms with E-state index in [1.165, 1.54) is 0 Å². The normalized spacial score (nSPS) is 20.1.